The standard InChI is InChI=1S/C16H22N2O/c19-16(12-9-10-12)18-15-8-4-7-14(11-15)17-13-5-2-1-3-6-13/h4,7-8,11-13,17H,1-3,5-6,9-10H2,(H,18,19). The third-order valence-electron chi connectivity index (χ3n) is 4.05. The second kappa shape index (κ2) is 5.64. The molecule has 102 valence electrons. The second-order valence-electron chi connectivity index (χ2n) is 5.82. The highest BCUT2D eigenvalue weighted by Gasteiger charge is 2.29. The number of carbonyl (C=O) groups is 1. The molecule has 19 heavy (non-hydrogen) atoms. The van der Waals surface area contributed by atoms with Crippen molar-refractivity contribution in [2.24, 2.45) is 5.92 Å². The Kier molecular flexibility index (Phi) is 3.72. The average Bonchev–Trinajstić information content (AvgIpc) is 3.24. The molecule has 2 saturated carbocycles. The monoisotopic (exact) mass is 258 g/mol. The zero-order chi connectivity index (χ0) is 13.1. The molecular weight excluding hydrogens is 236 g/mol. The van der Waals surface area contributed by atoms with E-state index < -0.39 is 0 Å². The summed E-state index contributed by atoms with van der Waals surface area (Å²) in [5, 5.41) is 6.59. The molecule has 0 spiro atoms. The van der Waals surface area contributed by atoms with E-state index in [4.69, 9.17) is 0 Å². The Morgan fingerprint density at radius 1 is 1.00 bits per heavy atom. The lowest BCUT2D eigenvalue weighted by atomic mass is 9.95. The molecule has 0 aromatic heterocycles. The molecule has 3 nitrogen and oxygen atoms in total. The van der Waals surface area contributed by atoms with Gasteiger partial charge in [0.15, 0.2) is 0 Å². The van der Waals surface area contributed by atoms with Crippen LogP contribution in [0.15, 0.2) is 24.3 Å². The first-order valence-electron chi connectivity index (χ1n) is 7.49. The van der Waals surface area contributed by atoms with E-state index in [9.17, 15) is 4.79 Å². The van der Waals surface area contributed by atoms with Crippen molar-refractivity contribution in [1.29, 1.82) is 0 Å². The van der Waals surface area contributed by atoms with Crippen LogP contribution in [-0.2, 0) is 4.79 Å². The molecule has 0 saturated heterocycles. The van der Waals surface area contributed by atoms with Crippen LogP contribution in [-0.4, -0.2) is 11.9 Å². The van der Waals surface area contributed by atoms with Crippen molar-refractivity contribution in [2.75, 3.05) is 10.6 Å². The van der Waals surface area contributed by atoms with Crippen LogP contribution in [0.1, 0.15) is 44.9 Å². The largest absolute Gasteiger partial charge is 0.382 e. The first-order chi connectivity index (χ1) is 9.31. The zero-order valence-electron chi connectivity index (χ0n) is 11.3. The molecule has 0 atom stereocenters. The number of nitrogens with one attached hydrogen (secondary N) is 2. The number of hydrogen-bond acceptors (Lipinski definition) is 2. The topological polar surface area (TPSA) is 41.1 Å². The van der Waals surface area contributed by atoms with E-state index in [0.717, 1.165) is 24.2 Å². The summed E-state index contributed by atoms with van der Waals surface area (Å²) < 4.78 is 0. The molecule has 3 rings (SSSR count). The van der Waals surface area contributed by atoms with Crippen LogP contribution in [0.5, 0.6) is 0 Å². The van der Waals surface area contributed by atoms with Gasteiger partial charge in [0.25, 0.3) is 0 Å². The van der Waals surface area contributed by atoms with Crippen molar-refractivity contribution >= 4 is 17.3 Å². The van der Waals surface area contributed by atoms with Gasteiger partial charge in [0, 0.05) is 23.3 Å². The summed E-state index contributed by atoms with van der Waals surface area (Å²) in [7, 11) is 0. The molecule has 0 bridgehead atoms. The molecular formula is C16H22N2O. The fourth-order valence-electron chi connectivity index (χ4n) is 2.76. The third-order valence-corrected chi connectivity index (χ3v) is 4.05. The summed E-state index contributed by atoms with van der Waals surface area (Å²) in [5.74, 6) is 0.435. The Morgan fingerprint density at radius 2 is 1.74 bits per heavy atom. The zero-order valence-corrected chi connectivity index (χ0v) is 11.3. The summed E-state index contributed by atoms with van der Waals surface area (Å²) in [6.07, 6.45) is 8.65. The molecule has 0 unspecified atom stereocenters. The van der Waals surface area contributed by atoms with Crippen LogP contribution >= 0.6 is 0 Å². The molecule has 1 aromatic rings. The van der Waals surface area contributed by atoms with E-state index in [-0.39, 0.29) is 11.8 Å². The van der Waals surface area contributed by atoms with Gasteiger partial charge < -0.3 is 10.6 Å². The molecule has 1 amide bonds. The Bertz CT molecular complexity index is 448. The molecule has 2 N–H and O–H groups in total. The van der Waals surface area contributed by atoms with Crippen LogP contribution in [0.4, 0.5) is 11.4 Å². The summed E-state index contributed by atoms with van der Waals surface area (Å²) in [6, 6.07) is 8.71. The summed E-state index contributed by atoms with van der Waals surface area (Å²) in [6.45, 7) is 0. The molecule has 0 aliphatic heterocycles. The maximum Gasteiger partial charge on any atom is 0.227 e. The Hall–Kier alpha value is -1.51. The highest BCUT2D eigenvalue weighted by atomic mass is 16.2. The number of rotatable bonds is 4. The van der Waals surface area contributed by atoms with E-state index in [1.807, 2.05) is 12.1 Å². The Balaban J connectivity index is 1.60. The van der Waals surface area contributed by atoms with Crippen LogP contribution < -0.4 is 10.6 Å². The number of amides is 1. The van der Waals surface area contributed by atoms with Gasteiger partial charge in [0.1, 0.15) is 0 Å². The minimum absolute atomic E-state index is 0.176. The number of carbonyl (C=O) groups excluding carboxylic acids is 1. The quantitative estimate of drug-likeness (QED) is 0.863. The van der Waals surface area contributed by atoms with Gasteiger partial charge in [-0.1, -0.05) is 25.3 Å². The van der Waals surface area contributed by atoms with Crippen molar-refractivity contribution in [2.45, 2.75) is 51.0 Å². The minimum Gasteiger partial charge on any atom is -0.382 e. The smallest absolute Gasteiger partial charge is 0.227 e. The maximum absolute atomic E-state index is 11.7. The SMILES string of the molecule is O=C(Nc1cccc(NC2CCCCC2)c1)C1CC1. The van der Waals surface area contributed by atoms with Gasteiger partial charge in [-0.2, -0.15) is 0 Å². The summed E-state index contributed by atoms with van der Waals surface area (Å²) in [4.78, 5) is 11.7. The van der Waals surface area contributed by atoms with Crippen LogP contribution in [0.3, 0.4) is 0 Å². The first-order valence-corrected chi connectivity index (χ1v) is 7.49. The highest BCUT2D eigenvalue weighted by molar-refractivity contribution is 5.94. The Morgan fingerprint density at radius 3 is 2.47 bits per heavy atom. The number of anilines is 2. The van der Waals surface area contributed by atoms with E-state index in [0.29, 0.717) is 6.04 Å². The second-order valence-corrected chi connectivity index (χ2v) is 5.82. The van der Waals surface area contributed by atoms with Gasteiger partial charge in [-0.05, 0) is 43.9 Å². The lowest BCUT2D eigenvalue weighted by Gasteiger charge is -2.24. The molecule has 0 radical (unpaired) electrons. The minimum atomic E-state index is 0.176. The van der Waals surface area contributed by atoms with Crippen molar-refractivity contribution < 1.29 is 4.79 Å². The lowest BCUT2D eigenvalue weighted by Crippen LogP contribution is -2.22. The van der Waals surface area contributed by atoms with Crippen LogP contribution in [0, 0.1) is 5.92 Å². The van der Waals surface area contributed by atoms with Gasteiger partial charge >= 0.3 is 0 Å². The average molecular weight is 258 g/mol. The first kappa shape index (κ1) is 12.5. The van der Waals surface area contributed by atoms with Gasteiger partial charge in [-0.25, -0.2) is 0 Å². The summed E-state index contributed by atoms with van der Waals surface area (Å²) >= 11 is 0. The van der Waals surface area contributed by atoms with Crippen molar-refractivity contribution in [3.05, 3.63) is 24.3 Å². The highest BCUT2D eigenvalue weighted by Crippen LogP contribution is 2.30. The molecule has 2 aliphatic rings. The predicted octanol–water partition coefficient (Wildman–Crippen LogP) is 3.78. The van der Waals surface area contributed by atoms with Crippen molar-refractivity contribution in [1.82, 2.24) is 0 Å². The van der Waals surface area contributed by atoms with Crippen LogP contribution in [0.2, 0.25) is 0 Å². The van der Waals surface area contributed by atoms with Gasteiger partial charge in [0.2, 0.25) is 5.91 Å². The van der Waals surface area contributed by atoms with Crippen LogP contribution in [0.25, 0.3) is 0 Å². The summed E-state index contributed by atoms with van der Waals surface area (Å²) in [5.41, 5.74) is 2.04. The molecule has 0 heterocycles. The third kappa shape index (κ3) is 3.49. The van der Waals surface area contributed by atoms with Gasteiger partial charge in [-0.15, -0.1) is 0 Å². The molecule has 2 fully saturated rings. The molecule has 1 aromatic carbocycles. The van der Waals surface area contributed by atoms with E-state index in [1.165, 1.54) is 32.1 Å². The van der Waals surface area contributed by atoms with E-state index >= 15 is 0 Å². The van der Waals surface area contributed by atoms with Crippen molar-refractivity contribution in [3.8, 4) is 0 Å². The maximum atomic E-state index is 11.7. The lowest BCUT2D eigenvalue weighted by molar-refractivity contribution is -0.117. The fraction of sp³-hybridized carbons (Fsp3) is 0.562. The molecule has 3 heteroatoms. The number of benzene rings is 1. The Labute approximate surface area is 114 Å². The van der Waals surface area contributed by atoms with Crippen molar-refractivity contribution in [3.63, 3.8) is 0 Å². The predicted molar refractivity (Wildman–Crippen MR) is 78.3 cm³/mol. The molecule has 2 aliphatic carbocycles. The van der Waals surface area contributed by atoms with E-state index in [2.05, 4.69) is 22.8 Å². The van der Waals surface area contributed by atoms with Gasteiger partial charge in [0.05, 0.1) is 0 Å². The fourth-order valence-corrected chi connectivity index (χ4v) is 2.76. The van der Waals surface area contributed by atoms with E-state index in [1.54, 1.807) is 0 Å². The van der Waals surface area contributed by atoms with Gasteiger partial charge in [-0.3, -0.25) is 4.79 Å². The normalized spacial score (nSPS) is 20.0. The number of hydrogen-bond donors (Lipinski definition) is 2.